The Labute approximate surface area is 632 Å². The van der Waals surface area contributed by atoms with Gasteiger partial charge in [-0.3, -0.25) is 43.2 Å². The van der Waals surface area contributed by atoms with Crippen molar-refractivity contribution >= 4 is 102 Å². The zero-order valence-electron chi connectivity index (χ0n) is 61.7. The first-order valence-electron chi connectivity index (χ1n) is 37.3. The van der Waals surface area contributed by atoms with Gasteiger partial charge >= 0.3 is 0 Å². The Morgan fingerprint density at radius 3 is 1.16 bits per heavy atom. The van der Waals surface area contributed by atoms with Crippen LogP contribution in [0.25, 0.3) is 38.1 Å². The number of hydrogen-bond acceptors (Lipinski definition) is 15. The smallest absolute Gasteiger partial charge is 0.258 e. The fraction of sp³-hybridized carbons (Fsp3) is 0.322. The average Bonchev–Trinajstić information content (AvgIpc) is 1.60. The van der Waals surface area contributed by atoms with Gasteiger partial charge in [0.15, 0.2) is 23.2 Å². The Morgan fingerprint density at radius 2 is 0.798 bits per heavy atom. The molecule has 8 heterocycles. The van der Waals surface area contributed by atoms with Crippen molar-refractivity contribution in [3.8, 4) is 11.6 Å². The van der Waals surface area contributed by atoms with Crippen molar-refractivity contribution in [2.24, 2.45) is 0 Å². The molecule has 3 unspecified atom stereocenters. The zero-order valence-corrected chi connectivity index (χ0v) is 61.7. The molecule has 3 fully saturated rings. The molecule has 0 N–H and O–H groups in total. The van der Waals surface area contributed by atoms with E-state index in [1.165, 1.54) is 0 Å². The van der Waals surface area contributed by atoms with Crippen molar-refractivity contribution in [2.75, 3.05) is 82.6 Å². The molecule has 558 valence electrons. The number of benzene rings is 8. The molecule has 6 amide bonds. The van der Waals surface area contributed by atoms with E-state index in [2.05, 4.69) is 10.1 Å². The van der Waals surface area contributed by atoms with Gasteiger partial charge < -0.3 is 48.3 Å². The molecule has 2 aromatic heterocycles. The quantitative estimate of drug-likeness (QED) is 0.0396. The number of likely N-dealkylation sites (tertiary alicyclic amines) is 3. The van der Waals surface area contributed by atoms with Gasteiger partial charge in [-0.1, -0.05) is 103 Å². The molecule has 0 bridgehead atoms. The van der Waals surface area contributed by atoms with Crippen LogP contribution in [0.1, 0.15) is 122 Å². The largest absolute Gasteiger partial charge is 0.497 e. The predicted molar refractivity (Wildman–Crippen MR) is 414 cm³/mol. The molecule has 6 aliphatic heterocycles. The van der Waals surface area contributed by atoms with E-state index in [1.54, 1.807) is 74.9 Å². The highest BCUT2D eigenvalue weighted by atomic mass is 16.5. The van der Waals surface area contributed by atoms with Crippen molar-refractivity contribution < 1.29 is 62.1 Å². The number of hydrogen-bond donors (Lipinski definition) is 0. The van der Waals surface area contributed by atoms with Gasteiger partial charge in [0.2, 0.25) is 17.7 Å². The fourth-order valence-electron chi connectivity index (χ4n) is 16.2. The Hall–Kier alpha value is -11.6. The number of Topliss-reactive ketones (excluding diaryl/α,β-unsaturated/α-hetero) is 3. The standard InChI is InChI=1S/C30H29N5O4.C29H30N2O5.C28H28N2O4/c1-39-16-4-14-33-25-9-8-21(22-5-2-6-23(29(22)25)30(33)38)17-26(36)24-10-12-28(37)34(24)19-20-7-11-27(31-18-20)35-15-3-13-32-35;1-35-16-4-15-30-25-12-9-20(22-5-3-6-23(28(22)25)29(30)34)17-26(32)24-13-14-27(33)31(24)18-19-7-10-21(36-2)11-8-19;1-34-16-6-15-29-24-12-11-20(21-9-5-10-22(27(21)24)28(29)33)17-25(31)23-13-14-26(32)30(23)18-19-7-3-2-4-8-19/h2-3,5-9,11,13,15,18,24H,4,10,12,14,16-17,19H2,1H3;3,5-12,24H,4,13-18H2,1-2H3;2-5,7-12,23H,6,13-18H2,1H3. The summed E-state index contributed by atoms with van der Waals surface area (Å²) < 4.78 is 22.3. The number of aromatic nitrogens is 3. The van der Waals surface area contributed by atoms with Gasteiger partial charge in [0.25, 0.3) is 17.7 Å². The minimum Gasteiger partial charge on any atom is -0.497 e. The minimum atomic E-state index is -0.487. The summed E-state index contributed by atoms with van der Waals surface area (Å²) in [4.78, 5) is 133. The first-order valence-corrected chi connectivity index (χ1v) is 37.3. The second-order valence-corrected chi connectivity index (χ2v) is 28.3. The maximum Gasteiger partial charge on any atom is 0.258 e. The molecule has 0 aliphatic carbocycles. The molecule has 0 radical (unpaired) electrons. The maximum absolute atomic E-state index is 13.6. The lowest BCUT2D eigenvalue weighted by Crippen LogP contribution is -2.38. The van der Waals surface area contributed by atoms with Crippen LogP contribution in [0.5, 0.6) is 5.75 Å². The van der Waals surface area contributed by atoms with Crippen molar-refractivity contribution in [1.82, 2.24) is 29.5 Å². The third kappa shape index (κ3) is 15.4. The van der Waals surface area contributed by atoms with E-state index in [1.807, 2.05) is 170 Å². The molecule has 0 spiro atoms. The lowest BCUT2D eigenvalue weighted by Gasteiger charge is -2.24. The molecule has 3 saturated heterocycles. The highest BCUT2D eigenvalue weighted by Gasteiger charge is 2.41. The molecule has 0 saturated carbocycles. The zero-order chi connectivity index (χ0) is 75.8. The minimum absolute atomic E-state index is 0.00174. The molecule has 10 aromatic rings. The number of carbonyl (C=O) groups is 9. The fourth-order valence-corrected chi connectivity index (χ4v) is 16.2. The third-order valence-corrected chi connectivity index (χ3v) is 21.6. The van der Waals surface area contributed by atoms with Gasteiger partial charge in [-0.15, -0.1) is 0 Å². The number of rotatable bonds is 29. The summed E-state index contributed by atoms with van der Waals surface area (Å²) in [6.45, 7) is 4.68. The van der Waals surface area contributed by atoms with Crippen LogP contribution >= 0.6 is 0 Å². The molecule has 8 aromatic carbocycles. The maximum atomic E-state index is 13.6. The predicted octanol–water partition coefficient (Wildman–Crippen LogP) is 12.0. The Balaban J connectivity index is 0.000000137. The lowest BCUT2D eigenvalue weighted by atomic mass is 9.95. The summed E-state index contributed by atoms with van der Waals surface area (Å²) in [5, 5.41) is 9.67. The molecule has 6 aliphatic rings. The van der Waals surface area contributed by atoms with Crippen LogP contribution in [0.2, 0.25) is 0 Å². The normalized spacial score (nSPS) is 16.9. The third-order valence-electron chi connectivity index (χ3n) is 21.6. The highest BCUT2D eigenvalue weighted by Crippen LogP contribution is 2.43. The van der Waals surface area contributed by atoms with Crippen LogP contribution in [0.3, 0.4) is 0 Å². The summed E-state index contributed by atoms with van der Waals surface area (Å²) >= 11 is 0. The molecule has 16 rings (SSSR count). The summed E-state index contributed by atoms with van der Waals surface area (Å²) in [7, 11) is 6.58. The number of nitrogens with zero attached hydrogens (tertiary/aromatic N) is 9. The number of pyridine rings is 1. The highest BCUT2D eigenvalue weighted by molar-refractivity contribution is 6.28. The summed E-state index contributed by atoms with van der Waals surface area (Å²) in [5.41, 5.74) is 10.2. The van der Waals surface area contributed by atoms with Gasteiger partial charge in [0.05, 0.1) is 42.3 Å². The molecular weight excluding hydrogens is 1380 g/mol. The van der Waals surface area contributed by atoms with Crippen LogP contribution in [-0.4, -0.2) is 168 Å². The summed E-state index contributed by atoms with van der Waals surface area (Å²) in [6, 6.07) is 50.4. The van der Waals surface area contributed by atoms with Gasteiger partial charge in [-0.2, -0.15) is 5.10 Å². The van der Waals surface area contributed by atoms with Gasteiger partial charge in [-0.05, 0) is 149 Å². The van der Waals surface area contributed by atoms with E-state index in [4.69, 9.17) is 18.9 Å². The van der Waals surface area contributed by atoms with Gasteiger partial charge in [-0.25, -0.2) is 9.67 Å². The number of methoxy groups -OCH3 is 4. The second kappa shape index (κ2) is 33.3. The summed E-state index contributed by atoms with van der Waals surface area (Å²) in [5.74, 6) is 1.48. The van der Waals surface area contributed by atoms with Gasteiger partial charge in [0, 0.05) is 170 Å². The van der Waals surface area contributed by atoms with Crippen molar-refractivity contribution in [3.63, 3.8) is 0 Å². The first-order chi connectivity index (χ1) is 53.1. The average molecular weight is 1470 g/mol. The molecule has 109 heavy (non-hydrogen) atoms. The number of carbonyl (C=O) groups excluding carboxylic acids is 9. The van der Waals surface area contributed by atoms with Crippen LogP contribution in [-0.2, 0) is 81.9 Å². The van der Waals surface area contributed by atoms with E-state index < -0.39 is 18.1 Å². The van der Waals surface area contributed by atoms with E-state index >= 15 is 0 Å². The number of ketones is 3. The monoisotopic (exact) mass is 1470 g/mol. The topological polar surface area (TPSA) is 241 Å². The van der Waals surface area contributed by atoms with Crippen molar-refractivity contribution in [3.05, 3.63) is 232 Å². The van der Waals surface area contributed by atoms with E-state index in [0.29, 0.717) is 120 Å². The molecular formula is C87H87N9O13. The number of amides is 6. The van der Waals surface area contributed by atoms with Crippen LogP contribution in [0.15, 0.2) is 182 Å². The molecule has 3 atom stereocenters. The van der Waals surface area contributed by atoms with E-state index in [0.717, 1.165) is 108 Å². The van der Waals surface area contributed by atoms with E-state index in [-0.39, 0.29) is 72.1 Å². The van der Waals surface area contributed by atoms with E-state index in [9.17, 15) is 43.2 Å². The summed E-state index contributed by atoms with van der Waals surface area (Å²) in [6.07, 6.45) is 10.8. The van der Waals surface area contributed by atoms with Crippen LogP contribution < -0.4 is 19.4 Å². The Morgan fingerprint density at radius 1 is 0.413 bits per heavy atom. The SMILES string of the molecule is COCCCN1C(=O)c2cccc3c(CC(=O)C4CCC(=O)N4Cc4ccc(-n5cccn5)nc4)ccc1c23.COCCCN1C(=O)c2cccc3c(CC(=O)C4CCC(=O)N4Cc4ccc(OC)cc4)ccc1c23.COCCCN1C(=O)c2cccc3c(CC(=O)C4CCC(=O)N4Cc4ccccc4)ccc1c23. The number of anilines is 3. The Kier molecular flexibility index (Phi) is 22.7. The van der Waals surface area contributed by atoms with Crippen molar-refractivity contribution in [1.29, 1.82) is 0 Å². The second-order valence-electron chi connectivity index (χ2n) is 28.3. The van der Waals surface area contributed by atoms with Gasteiger partial charge in [0.1, 0.15) is 5.75 Å². The van der Waals surface area contributed by atoms with Crippen molar-refractivity contribution in [2.45, 2.75) is 115 Å². The molecule has 22 heteroatoms. The van der Waals surface area contributed by atoms with Crippen LogP contribution in [0.4, 0.5) is 17.1 Å². The van der Waals surface area contributed by atoms with Crippen LogP contribution in [0, 0.1) is 0 Å². The molecule has 22 nitrogen and oxygen atoms in total. The Bertz CT molecular complexity index is 5130. The number of ether oxygens (including phenoxy) is 4. The lowest BCUT2D eigenvalue weighted by molar-refractivity contribution is -0.134. The first kappa shape index (κ1) is 74.3.